The number of amides is 3. The van der Waals surface area contributed by atoms with Gasteiger partial charge in [0.25, 0.3) is 17.1 Å². The van der Waals surface area contributed by atoms with E-state index in [0.717, 1.165) is 38.7 Å². The number of unbranched alkanes of at least 4 members (excludes halogenated alkanes) is 1. The third-order valence-corrected chi connectivity index (χ3v) is 7.19. The summed E-state index contributed by atoms with van der Waals surface area (Å²) in [5.41, 5.74) is 3.37. The average Bonchev–Trinajstić information content (AvgIpc) is 3.13. The minimum Gasteiger partial charge on any atom is -0.493 e. The molecule has 0 bridgehead atoms. The number of rotatable bonds is 11. The number of hydrogen-bond donors (Lipinski definition) is 1. The minimum atomic E-state index is -0.626. The van der Waals surface area contributed by atoms with Gasteiger partial charge in [-0.15, -0.1) is 0 Å². The monoisotopic (exact) mass is 604 g/mol. The Kier molecular flexibility index (Phi) is 10.4. The summed E-state index contributed by atoms with van der Waals surface area (Å²) < 4.78 is 16.9. The second-order valence-electron chi connectivity index (χ2n) is 8.51. The van der Waals surface area contributed by atoms with Gasteiger partial charge in [-0.1, -0.05) is 19.4 Å². The summed E-state index contributed by atoms with van der Waals surface area (Å²) in [5, 5.41) is 2.28. The Hall–Kier alpha value is -3.31. The molecule has 0 radical (unpaired) electrons. The first kappa shape index (κ1) is 29.2. The van der Waals surface area contributed by atoms with Crippen LogP contribution in [0, 0.1) is 13.8 Å². The van der Waals surface area contributed by atoms with Gasteiger partial charge in [0.05, 0.1) is 24.3 Å². The molecule has 11 heteroatoms. The first-order chi connectivity index (χ1) is 18.1. The number of aryl methyl sites for hydroxylation is 2. The van der Waals surface area contributed by atoms with Crippen LogP contribution in [0.1, 0.15) is 36.5 Å². The summed E-state index contributed by atoms with van der Waals surface area (Å²) in [6.45, 7) is 5.49. The second-order valence-corrected chi connectivity index (χ2v) is 10.4. The lowest BCUT2D eigenvalue weighted by Gasteiger charge is -2.13. The number of carbonyl (C=O) groups is 4. The molecule has 3 rings (SSSR count). The largest absolute Gasteiger partial charge is 0.493 e. The molecule has 2 aromatic rings. The molecule has 1 aliphatic heterocycles. The van der Waals surface area contributed by atoms with Crippen LogP contribution in [0.25, 0.3) is 6.08 Å². The molecule has 1 saturated heterocycles. The van der Waals surface area contributed by atoms with E-state index >= 15 is 0 Å². The van der Waals surface area contributed by atoms with Crippen molar-refractivity contribution in [1.29, 1.82) is 0 Å². The number of nitrogens with zero attached hydrogens (tertiary/aromatic N) is 1. The SMILES string of the molecule is CCCCOC(=O)CN1C(=O)S/C(=C/c2ccc(OCC(=O)Nc3cc(C)c(C)cc3Br)c(OC)c2)C1=O. The van der Waals surface area contributed by atoms with Crippen molar-refractivity contribution >= 4 is 62.5 Å². The lowest BCUT2D eigenvalue weighted by atomic mass is 10.1. The summed E-state index contributed by atoms with van der Waals surface area (Å²) in [5.74, 6) is -0.860. The molecule has 9 nitrogen and oxygen atoms in total. The van der Waals surface area contributed by atoms with Crippen LogP contribution < -0.4 is 14.8 Å². The normalized spacial score (nSPS) is 14.1. The van der Waals surface area contributed by atoms with Crippen molar-refractivity contribution < 1.29 is 33.4 Å². The van der Waals surface area contributed by atoms with Crippen LogP contribution in [-0.2, 0) is 19.1 Å². The van der Waals surface area contributed by atoms with Crippen LogP contribution in [-0.4, -0.2) is 54.8 Å². The third-order valence-electron chi connectivity index (χ3n) is 5.62. The predicted octanol–water partition coefficient (Wildman–Crippen LogP) is 5.47. The van der Waals surface area contributed by atoms with Crippen LogP contribution in [0.5, 0.6) is 11.5 Å². The van der Waals surface area contributed by atoms with Crippen molar-refractivity contribution in [2.45, 2.75) is 33.6 Å². The molecule has 2 aromatic carbocycles. The number of methoxy groups -OCH3 is 1. The van der Waals surface area contributed by atoms with Gasteiger partial charge in [-0.25, -0.2) is 0 Å². The Morgan fingerprint density at radius 3 is 2.55 bits per heavy atom. The van der Waals surface area contributed by atoms with E-state index in [1.807, 2.05) is 32.9 Å². The van der Waals surface area contributed by atoms with Crippen LogP contribution in [0.2, 0.25) is 0 Å². The molecule has 0 aromatic heterocycles. The van der Waals surface area contributed by atoms with Gasteiger partial charge in [0.1, 0.15) is 6.54 Å². The van der Waals surface area contributed by atoms with E-state index in [0.29, 0.717) is 29.2 Å². The maximum Gasteiger partial charge on any atom is 0.326 e. The zero-order valence-electron chi connectivity index (χ0n) is 21.6. The zero-order chi connectivity index (χ0) is 27.8. The average molecular weight is 606 g/mol. The Morgan fingerprint density at radius 2 is 1.84 bits per heavy atom. The fourth-order valence-electron chi connectivity index (χ4n) is 3.39. The zero-order valence-corrected chi connectivity index (χ0v) is 24.0. The first-order valence-electron chi connectivity index (χ1n) is 11.9. The molecular formula is C27H29BrN2O7S. The molecular weight excluding hydrogens is 576 g/mol. The Balaban J connectivity index is 1.64. The number of anilines is 1. The second kappa shape index (κ2) is 13.5. The van der Waals surface area contributed by atoms with Gasteiger partial charge in [0.15, 0.2) is 18.1 Å². The molecule has 1 aliphatic rings. The van der Waals surface area contributed by atoms with Gasteiger partial charge in [0.2, 0.25) is 0 Å². The number of halogens is 1. The standard InChI is InChI=1S/C27H29BrN2O7S/c1-5-6-9-36-25(32)14-30-26(33)23(38-27(30)34)13-18-7-8-21(22(12-18)35-4)37-15-24(31)29-20-11-17(3)16(2)10-19(20)28/h7-8,10-13H,5-6,9,14-15H2,1-4H3,(H,29,31)/b23-13+. The van der Waals surface area contributed by atoms with Crippen molar-refractivity contribution in [3.05, 3.63) is 56.4 Å². The summed E-state index contributed by atoms with van der Waals surface area (Å²) >= 11 is 4.20. The first-order valence-corrected chi connectivity index (χ1v) is 13.5. The van der Waals surface area contributed by atoms with Gasteiger partial charge in [-0.05, 0) is 95.0 Å². The highest BCUT2D eigenvalue weighted by Gasteiger charge is 2.36. The van der Waals surface area contributed by atoms with Gasteiger partial charge in [0, 0.05) is 4.47 Å². The van der Waals surface area contributed by atoms with Gasteiger partial charge < -0.3 is 19.5 Å². The van der Waals surface area contributed by atoms with E-state index in [1.165, 1.54) is 13.2 Å². The molecule has 0 spiro atoms. The van der Waals surface area contributed by atoms with E-state index in [2.05, 4.69) is 21.2 Å². The highest BCUT2D eigenvalue weighted by atomic mass is 79.9. The van der Waals surface area contributed by atoms with Crippen LogP contribution in [0.3, 0.4) is 0 Å². The van der Waals surface area contributed by atoms with E-state index < -0.39 is 23.7 Å². The summed E-state index contributed by atoms with van der Waals surface area (Å²) in [6.07, 6.45) is 3.11. The van der Waals surface area contributed by atoms with Crippen molar-refractivity contribution in [3.63, 3.8) is 0 Å². The van der Waals surface area contributed by atoms with Crippen LogP contribution in [0.4, 0.5) is 10.5 Å². The highest BCUT2D eigenvalue weighted by molar-refractivity contribution is 9.10. The number of nitrogens with one attached hydrogen (secondary N) is 1. The van der Waals surface area contributed by atoms with Crippen LogP contribution in [0.15, 0.2) is 39.7 Å². The van der Waals surface area contributed by atoms with Crippen molar-refractivity contribution in [2.24, 2.45) is 0 Å². The van der Waals surface area contributed by atoms with Gasteiger partial charge in [-0.2, -0.15) is 0 Å². The molecule has 1 heterocycles. The Bertz CT molecular complexity index is 1280. The quantitative estimate of drug-likeness (QED) is 0.204. The van der Waals surface area contributed by atoms with Crippen molar-refractivity contribution in [3.8, 4) is 11.5 Å². The lowest BCUT2D eigenvalue weighted by Crippen LogP contribution is -2.34. The number of ether oxygens (including phenoxy) is 3. The van der Waals surface area contributed by atoms with Gasteiger partial charge >= 0.3 is 5.97 Å². The maximum absolute atomic E-state index is 12.7. The molecule has 0 aliphatic carbocycles. The molecule has 3 amide bonds. The number of thioether (sulfide) groups is 1. The highest BCUT2D eigenvalue weighted by Crippen LogP contribution is 2.34. The van der Waals surface area contributed by atoms with Crippen molar-refractivity contribution in [1.82, 2.24) is 4.90 Å². The minimum absolute atomic E-state index is 0.172. The number of benzene rings is 2. The molecule has 0 atom stereocenters. The number of esters is 1. The third kappa shape index (κ3) is 7.61. The maximum atomic E-state index is 12.7. The van der Waals surface area contributed by atoms with Crippen LogP contribution >= 0.6 is 27.7 Å². The van der Waals surface area contributed by atoms with E-state index in [-0.39, 0.29) is 24.0 Å². The van der Waals surface area contributed by atoms with E-state index in [4.69, 9.17) is 14.2 Å². The molecule has 202 valence electrons. The smallest absolute Gasteiger partial charge is 0.326 e. The number of hydrogen-bond acceptors (Lipinski definition) is 8. The molecule has 1 N–H and O–H groups in total. The van der Waals surface area contributed by atoms with Gasteiger partial charge in [-0.3, -0.25) is 24.1 Å². The lowest BCUT2D eigenvalue weighted by molar-refractivity contribution is -0.146. The fraction of sp³-hybridized carbons (Fsp3) is 0.333. The topological polar surface area (TPSA) is 111 Å². The summed E-state index contributed by atoms with van der Waals surface area (Å²) in [7, 11) is 1.45. The van der Waals surface area contributed by atoms with Crippen molar-refractivity contribution in [2.75, 3.05) is 32.2 Å². The fourth-order valence-corrected chi connectivity index (χ4v) is 4.79. The molecule has 0 unspecified atom stereocenters. The molecule has 38 heavy (non-hydrogen) atoms. The van der Waals surface area contributed by atoms with E-state index in [1.54, 1.807) is 18.2 Å². The molecule has 0 saturated carbocycles. The number of imide groups is 1. The Labute approximate surface area is 234 Å². The van der Waals surface area contributed by atoms with E-state index in [9.17, 15) is 19.2 Å². The number of carbonyl (C=O) groups excluding carboxylic acids is 4. The predicted molar refractivity (Wildman–Crippen MR) is 149 cm³/mol. The summed E-state index contributed by atoms with van der Waals surface area (Å²) in [4.78, 5) is 50.5. The Morgan fingerprint density at radius 1 is 1.11 bits per heavy atom. The molecule has 1 fully saturated rings. The summed E-state index contributed by atoms with van der Waals surface area (Å²) in [6, 6.07) is 8.72.